The number of morpholine rings is 1. The van der Waals surface area contributed by atoms with Gasteiger partial charge in [-0.15, -0.1) is 0 Å². The number of fused-ring (bicyclic) bond motifs is 1. The second-order valence-electron chi connectivity index (χ2n) is 5.49. The standard InChI is InChI=1S/C13H18N6O2/c20-10-6-19(5-9(10)18-1-3-21-4-2-18)13-11-12(15-7-14-11)16-8-17-13/h7-10,20H,1-6H2,(H,14,15,16,17)/t9-,10-/m0/s1. The van der Waals surface area contributed by atoms with Crippen LogP contribution in [0.2, 0.25) is 0 Å². The highest BCUT2D eigenvalue weighted by Gasteiger charge is 2.37. The van der Waals surface area contributed by atoms with Crippen molar-refractivity contribution < 1.29 is 9.84 Å². The molecule has 0 radical (unpaired) electrons. The van der Waals surface area contributed by atoms with Crippen LogP contribution in [0.25, 0.3) is 11.2 Å². The number of aromatic amines is 1. The lowest BCUT2D eigenvalue weighted by atomic mass is 10.2. The fourth-order valence-corrected chi connectivity index (χ4v) is 3.20. The summed E-state index contributed by atoms with van der Waals surface area (Å²) in [4.78, 5) is 20.1. The van der Waals surface area contributed by atoms with Gasteiger partial charge in [-0.1, -0.05) is 0 Å². The number of nitrogens with one attached hydrogen (secondary N) is 1. The number of β-amino-alcohol motifs (C(OH)–C–C–N with tert-alkyl or cyclic N) is 1. The first-order valence-electron chi connectivity index (χ1n) is 7.22. The van der Waals surface area contributed by atoms with Crippen molar-refractivity contribution in [2.24, 2.45) is 0 Å². The number of ether oxygens (including phenoxy) is 1. The molecule has 0 bridgehead atoms. The molecule has 2 fully saturated rings. The minimum atomic E-state index is -0.379. The number of aromatic nitrogens is 4. The van der Waals surface area contributed by atoms with Gasteiger partial charge in [-0.05, 0) is 0 Å². The van der Waals surface area contributed by atoms with Gasteiger partial charge in [0.25, 0.3) is 0 Å². The molecule has 0 spiro atoms. The third-order valence-corrected chi connectivity index (χ3v) is 4.28. The predicted molar refractivity (Wildman–Crippen MR) is 76.1 cm³/mol. The minimum absolute atomic E-state index is 0.127. The summed E-state index contributed by atoms with van der Waals surface area (Å²) < 4.78 is 5.38. The Morgan fingerprint density at radius 2 is 2.05 bits per heavy atom. The van der Waals surface area contributed by atoms with E-state index in [-0.39, 0.29) is 12.1 Å². The molecule has 0 aliphatic carbocycles. The van der Waals surface area contributed by atoms with Crippen LogP contribution in [0.3, 0.4) is 0 Å². The van der Waals surface area contributed by atoms with Gasteiger partial charge in [0.1, 0.15) is 11.8 Å². The quantitative estimate of drug-likeness (QED) is 0.751. The maximum Gasteiger partial charge on any atom is 0.182 e. The normalized spacial score (nSPS) is 27.6. The Labute approximate surface area is 121 Å². The van der Waals surface area contributed by atoms with Gasteiger partial charge in [-0.3, -0.25) is 4.90 Å². The average molecular weight is 290 g/mol. The number of aliphatic hydroxyl groups excluding tert-OH is 1. The fourth-order valence-electron chi connectivity index (χ4n) is 3.20. The first-order valence-corrected chi connectivity index (χ1v) is 7.22. The molecule has 2 aliphatic heterocycles. The summed E-state index contributed by atoms with van der Waals surface area (Å²) in [7, 11) is 0. The number of anilines is 1. The van der Waals surface area contributed by atoms with E-state index in [4.69, 9.17) is 4.74 Å². The highest BCUT2D eigenvalue weighted by atomic mass is 16.5. The van der Waals surface area contributed by atoms with Crippen LogP contribution in [0, 0.1) is 0 Å². The molecule has 2 aliphatic rings. The molecular formula is C13H18N6O2. The van der Waals surface area contributed by atoms with E-state index in [1.54, 1.807) is 6.33 Å². The zero-order valence-corrected chi connectivity index (χ0v) is 11.6. The molecule has 0 unspecified atom stereocenters. The summed E-state index contributed by atoms with van der Waals surface area (Å²) in [5.41, 5.74) is 1.48. The highest BCUT2D eigenvalue weighted by molar-refractivity contribution is 5.82. The van der Waals surface area contributed by atoms with Crippen molar-refractivity contribution in [2.75, 3.05) is 44.3 Å². The van der Waals surface area contributed by atoms with Gasteiger partial charge in [-0.2, -0.15) is 0 Å². The number of imidazole rings is 1. The van der Waals surface area contributed by atoms with Crippen LogP contribution in [-0.2, 0) is 4.74 Å². The Morgan fingerprint density at radius 1 is 1.19 bits per heavy atom. The third-order valence-electron chi connectivity index (χ3n) is 4.28. The minimum Gasteiger partial charge on any atom is -0.390 e. The first kappa shape index (κ1) is 12.9. The van der Waals surface area contributed by atoms with Crippen LogP contribution in [-0.4, -0.2) is 81.5 Å². The molecule has 8 heteroatoms. The molecule has 4 rings (SSSR count). The summed E-state index contributed by atoms with van der Waals surface area (Å²) in [6.45, 7) is 4.56. The van der Waals surface area contributed by atoms with Gasteiger partial charge < -0.3 is 19.7 Å². The van der Waals surface area contributed by atoms with Crippen molar-refractivity contribution in [1.29, 1.82) is 0 Å². The number of hydrogen-bond acceptors (Lipinski definition) is 7. The second-order valence-corrected chi connectivity index (χ2v) is 5.49. The van der Waals surface area contributed by atoms with Crippen molar-refractivity contribution in [2.45, 2.75) is 12.1 Å². The molecule has 112 valence electrons. The number of rotatable bonds is 2. The molecule has 2 aromatic rings. The Kier molecular flexibility index (Phi) is 3.21. The van der Waals surface area contributed by atoms with E-state index in [1.165, 1.54) is 6.33 Å². The zero-order chi connectivity index (χ0) is 14.2. The molecule has 0 saturated carbocycles. The molecular weight excluding hydrogens is 272 g/mol. The fraction of sp³-hybridized carbons (Fsp3) is 0.615. The number of hydrogen-bond donors (Lipinski definition) is 2. The van der Waals surface area contributed by atoms with Gasteiger partial charge in [-0.25, -0.2) is 15.0 Å². The van der Waals surface area contributed by atoms with Gasteiger partial charge in [0.05, 0.1) is 31.7 Å². The lowest BCUT2D eigenvalue weighted by molar-refractivity contribution is -0.00588. The Hall–Kier alpha value is -1.77. The molecule has 2 aromatic heterocycles. The van der Waals surface area contributed by atoms with E-state index >= 15 is 0 Å². The SMILES string of the molecule is O[C@H]1CN(c2ncnc3nc[nH]c23)C[C@@H]1N1CCOCC1. The summed E-state index contributed by atoms with van der Waals surface area (Å²) in [6.07, 6.45) is 2.76. The van der Waals surface area contributed by atoms with Gasteiger partial charge in [0.15, 0.2) is 11.5 Å². The smallest absolute Gasteiger partial charge is 0.182 e. The van der Waals surface area contributed by atoms with Crippen molar-refractivity contribution in [3.05, 3.63) is 12.7 Å². The van der Waals surface area contributed by atoms with Crippen molar-refractivity contribution >= 4 is 17.0 Å². The van der Waals surface area contributed by atoms with Crippen LogP contribution in [0.4, 0.5) is 5.82 Å². The maximum atomic E-state index is 10.4. The molecule has 4 heterocycles. The summed E-state index contributed by atoms with van der Waals surface area (Å²) in [6, 6.07) is 0.127. The Morgan fingerprint density at radius 3 is 2.90 bits per heavy atom. The topological polar surface area (TPSA) is 90.4 Å². The summed E-state index contributed by atoms with van der Waals surface area (Å²) in [5, 5.41) is 10.4. The van der Waals surface area contributed by atoms with Crippen molar-refractivity contribution in [1.82, 2.24) is 24.8 Å². The van der Waals surface area contributed by atoms with Gasteiger partial charge in [0.2, 0.25) is 0 Å². The van der Waals surface area contributed by atoms with Crippen molar-refractivity contribution in [3.63, 3.8) is 0 Å². The van der Waals surface area contributed by atoms with Crippen LogP contribution in [0.15, 0.2) is 12.7 Å². The molecule has 8 nitrogen and oxygen atoms in total. The van der Waals surface area contributed by atoms with E-state index < -0.39 is 0 Å². The lowest BCUT2D eigenvalue weighted by Gasteiger charge is -2.33. The van der Waals surface area contributed by atoms with E-state index in [1.807, 2.05) is 0 Å². The number of nitrogens with zero attached hydrogens (tertiary/aromatic N) is 5. The van der Waals surface area contributed by atoms with E-state index in [0.29, 0.717) is 12.2 Å². The molecule has 2 atom stereocenters. The third kappa shape index (κ3) is 2.25. The van der Waals surface area contributed by atoms with Crippen molar-refractivity contribution in [3.8, 4) is 0 Å². The second kappa shape index (κ2) is 5.21. The molecule has 0 amide bonds. The lowest BCUT2D eigenvalue weighted by Crippen LogP contribution is -2.48. The summed E-state index contributed by atoms with van der Waals surface area (Å²) >= 11 is 0. The van der Waals surface area contributed by atoms with Gasteiger partial charge >= 0.3 is 0 Å². The van der Waals surface area contributed by atoms with Gasteiger partial charge in [0, 0.05) is 26.2 Å². The maximum absolute atomic E-state index is 10.4. The molecule has 0 aromatic carbocycles. The monoisotopic (exact) mass is 290 g/mol. The summed E-state index contributed by atoms with van der Waals surface area (Å²) in [5.74, 6) is 0.812. The average Bonchev–Trinajstić information content (AvgIpc) is 3.14. The van der Waals surface area contributed by atoms with Crippen LogP contribution < -0.4 is 4.90 Å². The molecule has 2 N–H and O–H groups in total. The highest BCUT2D eigenvalue weighted by Crippen LogP contribution is 2.26. The molecule has 2 saturated heterocycles. The first-order chi connectivity index (χ1) is 10.3. The van der Waals surface area contributed by atoms with E-state index in [2.05, 4.69) is 29.7 Å². The number of aliphatic hydroxyl groups is 1. The van der Waals surface area contributed by atoms with Crippen LogP contribution in [0.1, 0.15) is 0 Å². The molecule has 21 heavy (non-hydrogen) atoms. The Bertz CT molecular complexity index is 626. The number of H-pyrrole nitrogens is 1. The largest absolute Gasteiger partial charge is 0.390 e. The van der Waals surface area contributed by atoms with E-state index in [9.17, 15) is 5.11 Å². The zero-order valence-electron chi connectivity index (χ0n) is 11.6. The Balaban J connectivity index is 1.58. The predicted octanol–water partition coefficient (Wildman–Crippen LogP) is -0.765. The van der Waals surface area contributed by atoms with Crippen LogP contribution >= 0.6 is 0 Å². The van der Waals surface area contributed by atoms with E-state index in [0.717, 1.165) is 44.2 Å². The van der Waals surface area contributed by atoms with Crippen LogP contribution in [0.5, 0.6) is 0 Å².